The van der Waals surface area contributed by atoms with E-state index in [1.165, 1.54) is 0 Å². The predicted octanol–water partition coefficient (Wildman–Crippen LogP) is -0.128. The molecule has 2 amide bonds. The van der Waals surface area contributed by atoms with Gasteiger partial charge in [0.1, 0.15) is 5.76 Å². The molecule has 1 heterocycles. The van der Waals surface area contributed by atoms with Gasteiger partial charge >= 0.3 is 12.0 Å². The lowest BCUT2D eigenvalue weighted by Gasteiger charge is -2.18. The Morgan fingerprint density at radius 1 is 1.47 bits per heavy atom. The van der Waals surface area contributed by atoms with Crippen molar-refractivity contribution in [3.63, 3.8) is 0 Å². The molecule has 0 saturated carbocycles. The van der Waals surface area contributed by atoms with E-state index in [0.29, 0.717) is 18.1 Å². The highest BCUT2D eigenvalue weighted by Gasteiger charge is 2.30. The molecule has 0 fully saturated rings. The molecule has 0 aliphatic heterocycles. The molecule has 4 N–H and O–H groups in total. The third kappa shape index (κ3) is 4.59. The van der Waals surface area contributed by atoms with Gasteiger partial charge in [0.15, 0.2) is 5.60 Å². The number of aryl methyl sites for hydroxylation is 1. The fourth-order valence-electron chi connectivity index (χ4n) is 1.14. The first-order valence-electron chi connectivity index (χ1n) is 5.76. The Labute approximate surface area is 109 Å². The van der Waals surface area contributed by atoms with E-state index in [-0.39, 0.29) is 6.54 Å². The number of urea groups is 1. The van der Waals surface area contributed by atoms with Gasteiger partial charge in [-0.15, -0.1) is 0 Å². The molecule has 0 aromatic carbocycles. The van der Waals surface area contributed by atoms with Crippen LogP contribution < -0.4 is 10.6 Å². The first-order chi connectivity index (χ1) is 8.85. The number of nitrogens with one attached hydrogen (secondary N) is 2. The predicted molar refractivity (Wildman–Crippen MR) is 64.4 cm³/mol. The number of aromatic nitrogens is 1. The summed E-state index contributed by atoms with van der Waals surface area (Å²) in [7, 11) is 0. The molecular weight excluding hydrogens is 254 g/mol. The van der Waals surface area contributed by atoms with Gasteiger partial charge in [-0.1, -0.05) is 6.92 Å². The number of rotatable bonds is 6. The van der Waals surface area contributed by atoms with Crippen LogP contribution in [0.3, 0.4) is 0 Å². The first-order valence-corrected chi connectivity index (χ1v) is 5.76. The molecule has 1 aromatic rings. The number of carboxylic acids is 1. The molecule has 8 heteroatoms. The molecule has 0 aliphatic carbocycles. The number of carbonyl (C=O) groups excluding carboxylic acids is 1. The third-order valence-electron chi connectivity index (χ3n) is 2.40. The molecule has 0 saturated heterocycles. The van der Waals surface area contributed by atoms with Gasteiger partial charge in [-0.2, -0.15) is 0 Å². The molecule has 0 bridgehead atoms. The Morgan fingerprint density at radius 2 is 2.16 bits per heavy atom. The number of carbonyl (C=O) groups is 2. The molecule has 0 spiro atoms. The molecule has 106 valence electrons. The van der Waals surface area contributed by atoms with E-state index in [1.807, 2.05) is 6.92 Å². The molecule has 8 nitrogen and oxygen atoms in total. The minimum Gasteiger partial charge on any atom is -0.479 e. The lowest BCUT2D eigenvalue weighted by Crippen LogP contribution is -2.49. The van der Waals surface area contributed by atoms with Gasteiger partial charge < -0.3 is 25.3 Å². The Hall–Kier alpha value is -2.09. The summed E-state index contributed by atoms with van der Waals surface area (Å²) in [5.41, 5.74) is -2.00. The topological polar surface area (TPSA) is 125 Å². The lowest BCUT2D eigenvalue weighted by atomic mass is 10.1. The van der Waals surface area contributed by atoms with Crippen LogP contribution in [0.25, 0.3) is 0 Å². The van der Waals surface area contributed by atoms with Gasteiger partial charge in [0, 0.05) is 6.42 Å². The van der Waals surface area contributed by atoms with Gasteiger partial charge in [0.2, 0.25) is 5.89 Å². The third-order valence-corrected chi connectivity index (χ3v) is 2.40. The number of hydrogen-bond acceptors (Lipinski definition) is 5. The quantitative estimate of drug-likeness (QED) is 0.571. The molecular formula is C11H17N3O5. The van der Waals surface area contributed by atoms with Crippen LogP contribution in [-0.4, -0.2) is 39.3 Å². The minimum absolute atomic E-state index is 0.0844. The number of aliphatic hydroxyl groups is 1. The zero-order valence-corrected chi connectivity index (χ0v) is 10.8. The number of carboxylic acid groups (broad SMARTS) is 1. The molecule has 1 unspecified atom stereocenters. The smallest absolute Gasteiger partial charge is 0.337 e. The highest BCUT2D eigenvalue weighted by molar-refractivity contribution is 5.79. The van der Waals surface area contributed by atoms with E-state index in [2.05, 4.69) is 15.6 Å². The molecule has 1 atom stereocenters. The van der Waals surface area contributed by atoms with Gasteiger partial charge in [-0.3, -0.25) is 0 Å². The maximum Gasteiger partial charge on any atom is 0.337 e. The number of amides is 2. The molecule has 19 heavy (non-hydrogen) atoms. The highest BCUT2D eigenvalue weighted by Crippen LogP contribution is 2.03. The maximum absolute atomic E-state index is 11.4. The summed E-state index contributed by atoms with van der Waals surface area (Å²) >= 11 is 0. The van der Waals surface area contributed by atoms with Crippen molar-refractivity contribution < 1.29 is 24.2 Å². The number of aliphatic carboxylic acids is 1. The van der Waals surface area contributed by atoms with E-state index in [9.17, 15) is 14.7 Å². The highest BCUT2D eigenvalue weighted by atomic mass is 16.4. The Bertz CT molecular complexity index is 455. The molecule has 0 radical (unpaired) electrons. The van der Waals surface area contributed by atoms with Crippen LogP contribution in [0.2, 0.25) is 0 Å². The summed E-state index contributed by atoms with van der Waals surface area (Å²) in [4.78, 5) is 25.9. The van der Waals surface area contributed by atoms with E-state index < -0.39 is 24.1 Å². The zero-order valence-electron chi connectivity index (χ0n) is 10.8. The van der Waals surface area contributed by atoms with Crippen LogP contribution in [-0.2, 0) is 17.8 Å². The Morgan fingerprint density at radius 3 is 2.68 bits per heavy atom. The zero-order chi connectivity index (χ0) is 14.5. The fourth-order valence-corrected chi connectivity index (χ4v) is 1.14. The number of hydrogen-bond donors (Lipinski definition) is 4. The largest absolute Gasteiger partial charge is 0.479 e. The summed E-state index contributed by atoms with van der Waals surface area (Å²) in [5.74, 6) is -0.337. The van der Waals surface area contributed by atoms with Crippen molar-refractivity contribution in [3.8, 4) is 0 Å². The lowest BCUT2D eigenvalue weighted by molar-refractivity contribution is -0.155. The maximum atomic E-state index is 11.4. The van der Waals surface area contributed by atoms with Crippen molar-refractivity contribution in [2.75, 3.05) is 6.54 Å². The van der Waals surface area contributed by atoms with Crippen molar-refractivity contribution >= 4 is 12.0 Å². The minimum atomic E-state index is -2.00. The standard InChI is InChI=1S/C11H17N3O5/c1-3-7-4-12-8(19-7)5-13-10(17)14-6-11(2,18)9(15)16/h4,18H,3,5-6H2,1-2H3,(H,15,16)(H2,13,14,17). The van der Waals surface area contributed by atoms with Crippen LogP contribution in [0.4, 0.5) is 4.79 Å². The summed E-state index contributed by atoms with van der Waals surface area (Å²) in [6, 6.07) is -0.613. The van der Waals surface area contributed by atoms with Crippen LogP contribution in [0, 0.1) is 0 Å². The molecule has 1 rings (SSSR count). The van der Waals surface area contributed by atoms with Crippen LogP contribution >= 0.6 is 0 Å². The summed E-state index contributed by atoms with van der Waals surface area (Å²) in [6.45, 7) is 2.69. The summed E-state index contributed by atoms with van der Waals surface area (Å²) in [6.07, 6.45) is 2.28. The monoisotopic (exact) mass is 271 g/mol. The Balaban J connectivity index is 2.34. The van der Waals surface area contributed by atoms with Crippen molar-refractivity contribution in [3.05, 3.63) is 17.8 Å². The van der Waals surface area contributed by atoms with Gasteiger partial charge in [0.05, 0.1) is 19.3 Å². The second-order valence-electron chi connectivity index (χ2n) is 4.19. The molecule has 0 aliphatic rings. The van der Waals surface area contributed by atoms with Crippen molar-refractivity contribution in [2.24, 2.45) is 0 Å². The van der Waals surface area contributed by atoms with E-state index >= 15 is 0 Å². The Kier molecular flexibility index (Phi) is 4.87. The van der Waals surface area contributed by atoms with Crippen molar-refractivity contribution in [1.29, 1.82) is 0 Å². The van der Waals surface area contributed by atoms with E-state index in [1.54, 1.807) is 6.20 Å². The second kappa shape index (κ2) is 6.19. The fraction of sp³-hybridized carbons (Fsp3) is 0.545. The van der Waals surface area contributed by atoms with Crippen LogP contribution in [0.5, 0.6) is 0 Å². The second-order valence-corrected chi connectivity index (χ2v) is 4.19. The summed E-state index contributed by atoms with van der Waals surface area (Å²) < 4.78 is 5.27. The summed E-state index contributed by atoms with van der Waals surface area (Å²) in [5, 5.41) is 22.7. The van der Waals surface area contributed by atoms with E-state index in [4.69, 9.17) is 9.52 Å². The van der Waals surface area contributed by atoms with Gasteiger partial charge in [0.25, 0.3) is 0 Å². The van der Waals surface area contributed by atoms with Gasteiger partial charge in [-0.25, -0.2) is 14.6 Å². The van der Waals surface area contributed by atoms with Crippen LogP contribution in [0.15, 0.2) is 10.6 Å². The van der Waals surface area contributed by atoms with Crippen molar-refractivity contribution in [2.45, 2.75) is 32.4 Å². The normalized spacial score (nSPS) is 13.6. The van der Waals surface area contributed by atoms with E-state index in [0.717, 1.165) is 6.92 Å². The first kappa shape index (κ1) is 15.0. The van der Waals surface area contributed by atoms with Gasteiger partial charge in [-0.05, 0) is 6.92 Å². The average Bonchev–Trinajstić information content (AvgIpc) is 2.81. The number of oxazole rings is 1. The number of nitrogens with zero attached hydrogens (tertiary/aromatic N) is 1. The SMILES string of the molecule is CCc1cnc(CNC(=O)NCC(C)(O)C(=O)O)o1. The molecule has 1 aromatic heterocycles. The van der Waals surface area contributed by atoms with Crippen molar-refractivity contribution in [1.82, 2.24) is 15.6 Å². The van der Waals surface area contributed by atoms with Crippen LogP contribution in [0.1, 0.15) is 25.5 Å². The average molecular weight is 271 g/mol.